The Morgan fingerprint density at radius 2 is 1.86 bits per heavy atom. The number of hydrogen-bond donors (Lipinski definition) is 4. The third-order valence-electron chi connectivity index (χ3n) is 4.97. The van der Waals surface area contributed by atoms with E-state index in [1.165, 1.54) is 0 Å². The molecule has 0 amide bonds. The van der Waals surface area contributed by atoms with Crippen molar-refractivity contribution < 1.29 is 9.47 Å². The fourth-order valence-electron chi connectivity index (χ4n) is 3.62. The highest BCUT2D eigenvalue weighted by molar-refractivity contribution is 6.09. The fraction of sp³-hybridized carbons (Fsp3) is 0.190. The molecule has 8 heteroatoms. The van der Waals surface area contributed by atoms with Crippen LogP contribution >= 0.6 is 0 Å². The van der Waals surface area contributed by atoms with Crippen molar-refractivity contribution in [2.24, 2.45) is 10.7 Å². The molecule has 1 heterocycles. The second kappa shape index (κ2) is 7.31. The molecule has 0 saturated heterocycles. The number of benzene rings is 2. The minimum atomic E-state index is 0.0660. The summed E-state index contributed by atoms with van der Waals surface area (Å²) >= 11 is 0. The molecule has 3 aromatic rings. The topological polar surface area (TPSA) is 135 Å². The van der Waals surface area contributed by atoms with Gasteiger partial charge in [0.05, 0.1) is 25.6 Å². The number of amidine groups is 1. The first kappa shape index (κ1) is 18.5. The van der Waals surface area contributed by atoms with Crippen LogP contribution in [0.1, 0.15) is 23.1 Å². The van der Waals surface area contributed by atoms with Crippen molar-refractivity contribution in [3.8, 4) is 22.8 Å². The molecule has 1 aliphatic carbocycles. The average Bonchev–Trinajstić information content (AvgIpc) is 3.30. The van der Waals surface area contributed by atoms with Crippen LogP contribution < -0.4 is 20.9 Å². The van der Waals surface area contributed by atoms with E-state index >= 15 is 0 Å². The lowest BCUT2D eigenvalue weighted by molar-refractivity contribution is 0.394. The van der Waals surface area contributed by atoms with Crippen LogP contribution in [-0.4, -0.2) is 35.7 Å². The summed E-state index contributed by atoms with van der Waals surface area (Å²) in [5.41, 5.74) is 16.9. The Labute approximate surface area is 168 Å². The highest BCUT2D eigenvalue weighted by atomic mass is 16.5. The Hall–Kier alpha value is -3.81. The smallest absolute Gasteiger partial charge is 0.200 e. The molecule has 0 unspecified atom stereocenters. The van der Waals surface area contributed by atoms with Gasteiger partial charge in [0.15, 0.2) is 11.8 Å². The van der Waals surface area contributed by atoms with Crippen LogP contribution in [-0.2, 0) is 6.42 Å². The number of nitrogens with two attached hydrogens (primary N) is 2. The average molecular weight is 390 g/mol. The zero-order chi connectivity index (χ0) is 20.5. The predicted molar refractivity (Wildman–Crippen MR) is 114 cm³/mol. The van der Waals surface area contributed by atoms with E-state index < -0.39 is 0 Å². The zero-order valence-corrected chi connectivity index (χ0v) is 16.2. The third-order valence-corrected chi connectivity index (χ3v) is 4.97. The van der Waals surface area contributed by atoms with E-state index in [4.69, 9.17) is 31.3 Å². The summed E-state index contributed by atoms with van der Waals surface area (Å²) in [6.45, 7) is 0. The van der Waals surface area contributed by atoms with Crippen molar-refractivity contribution in [3.63, 3.8) is 0 Å². The Kier molecular flexibility index (Phi) is 4.67. The predicted octanol–water partition coefficient (Wildman–Crippen LogP) is 3.03. The summed E-state index contributed by atoms with van der Waals surface area (Å²) in [7, 11) is 3.20. The van der Waals surface area contributed by atoms with Crippen LogP contribution in [0.3, 0.4) is 0 Å². The van der Waals surface area contributed by atoms with Crippen LogP contribution in [0.25, 0.3) is 11.3 Å². The summed E-state index contributed by atoms with van der Waals surface area (Å²) in [5.74, 6) is 2.15. The molecule has 4 rings (SSSR count). The number of nitrogens with zero attached hydrogens (tertiary/aromatic N) is 2. The van der Waals surface area contributed by atoms with Crippen molar-refractivity contribution in [2.45, 2.75) is 12.8 Å². The number of aliphatic imine (C=N–C) groups is 1. The van der Waals surface area contributed by atoms with Gasteiger partial charge in [-0.3, -0.25) is 5.41 Å². The molecule has 148 valence electrons. The monoisotopic (exact) mass is 390 g/mol. The molecule has 1 aromatic heterocycles. The molecule has 0 fully saturated rings. The van der Waals surface area contributed by atoms with Gasteiger partial charge in [-0.2, -0.15) is 4.98 Å². The Morgan fingerprint density at radius 1 is 1.14 bits per heavy atom. The minimum absolute atomic E-state index is 0.0660. The van der Waals surface area contributed by atoms with Gasteiger partial charge in [0.25, 0.3) is 0 Å². The van der Waals surface area contributed by atoms with Crippen molar-refractivity contribution in [3.05, 3.63) is 53.1 Å². The minimum Gasteiger partial charge on any atom is -0.497 e. The zero-order valence-electron chi connectivity index (χ0n) is 16.2. The van der Waals surface area contributed by atoms with Crippen molar-refractivity contribution in [1.29, 1.82) is 5.41 Å². The molecule has 0 spiro atoms. The molecule has 0 atom stereocenters. The maximum Gasteiger partial charge on any atom is 0.200 e. The summed E-state index contributed by atoms with van der Waals surface area (Å²) in [6.07, 6.45) is 1.53. The number of anilines is 1. The first-order chi connectivity index (χ1) is 14.0. The largest absolute Gasteiger partial charge is 0.497 e. The maximum atomic E-state index is 7.80. The molecule has 1 aliphatic rings. The molecular formula is C21H22N6O2. The number of H-pyrrole nitrogens is 1. The number of hydrogen-bond acceptors (Lipinski definition) is 6. The number of aromatic nitrogens is 2. The maximum absolute atomic E-state index is 7.80. The van der Waals surface area contributed by atoms with Crippen LogP contribution in [0.5, 0.6) is 11.5 Å². The molecule has 6 N–H and O–H groups in total. The van der Waals surface area contributed by atoms with Gasteiger partial charge in [-0.15, -0.1) is 0 Å². The van der Waals surface area contributed by atoms with Gasteiger partial charge in [0, 0.05) is 17.2 Å². The van der Waals surface area contributed by atoms with E-state index in [2.05, 4.69) is 9.97 Å². The van der Waals surface area contributed by atoms with E-state index in [1.54, 1.807) is 20.3 Å². The summed E-state index contributed by atoms with van der Waals surface area (Å²) in [6, 6.07) is 11.3. The second-order valence-corrected chi connectivity index (χ2v) is 6.73. The van der Waals surface area contributed by atoms with Gasteiger partial charge in [-0.1, -0.05) is 18.2 Å². The van der Waals surface area contributed by atoms with Crippen LogP contribution in [0.2, 0.25) is 0 Å². The van der Waals surface area contributed by atoms with Gasteiger partial charge < -0.3 is 25.9 Å². The fourth-order valence-corrected chi connectivity index (χ4v) is 3.62. The van der Waals surface area contributed by atoms with Gasteiger partial charge in [-0.05, 0) is 36.1 Å². The van der Waals surface area contributed by atoms with E-state index in [0.717, 1.165) is 40.8 Å². The summed E-state index contributed by atoms with van der Waals surface area (Å²) in [5, 5.41) is 7.80. The standard InChI is InChI=1S/C21H22N6O2/c1-28-12-8-11(9-13(10-12)29-2)18-20(27-21(24)26-18)25-17-7-6-14-15(17)4-3-5-16(14)19(22)23/h3-5,8-10H,6-7H2,1-2H3,(H3,22,23)(H3,24,26,27). The number of nitrogen functional groups attached to an aromatic ring is 2. The first-order valence-corrected chi connectivity index (χ1v) is 9.13. The first-order valence-electron chi connectivity index (χ1n) is 9.13. The van der Waals surface area contributed by atoms with Crippen molar-refractivity contribution >= 4 is 23.3 Å². The van der Waals surface area contributed by atoms with Gasteiger partial charge in [0.1, 0.15) is 17.3 Å². The number of nitrogens with one attached hydrogen (secondary N) is 2. The number of aromatic amines is 1. The molecule has 2 aromatic carbocycles. The van der Waals surface area contributed by atoms with Gasteiger partial charge in [0.2, 0.25) is 0 Å². The third kappa shape index (κ3) is 3.40. The summed E-state index contributed by atoms with van der Waals surface area (Å²) in [4.78, 5) is 12.3. The van der Waals surface area contributed by atoms with Crippen LogP contribution in [0.4, 0.5) is 11.8 Å². The van der Waals surface area contributed by atoms with E-state index in [-0.39, 0.29) is 11.8 Å². The van der Waals surface area contributed by atoms with Crippen LogP contribution in [0.15, 0.2) is 41.4 Å². The number of methoxy groups -OCH3 is 2. The molecule has 0 bridgehead atoms. The van der Waals surface area contributed by atoms with Crippen LogP contribution in [0, 0.1) is 5.41 Å². The Bertz CT molecular complexity index is 1110. The quantitative estimate of drug-likeness (QED) is 0.392. The van der Waals surface area contributed by atoms with E-state index in [9.17, 15) is 0 Å². The number of ether oxygens (including phenoxy) is 2. The van der Waals surface area contributed by atoms with Gasteiger partial charge >= 0.3 is 0 Å². The molecular weight excluding hydrogens is 368 g/mol. The van der Waals surface area contributed by atoms with E-state index in [0.29, 0.717) is 23.0 Å². The van der Waals surface area contributed by atoms with Crippen molar-refractivity contribution in [1.82, 2.24) is 9.97 Å². The molecule has 0 aliphatic heterocycles. The molecule has 0 saturated carbocycles. The lowest BCUT2D eigenvalue weighted by Gasteiger charge is -2.08. The lowest BCUT2D eigenvalue weighted by Crippen LogP contribution is -2.13. The Morgan fingerprint density at radius 3 is 2.52 bits per heavy atom. The highest BCUT2D eigenvalue weighted by Gasteiger charge is 2.23. The van der Waals surface area contributed by atoms with Gasteiger partial charge in [-0.25, -0.2) is 4.99 Å². The number of imidazole rings is 1. The number of fused-ring (bicyclic) bond motifs is 1. The number of rotatable bonds is 5. The normalized spacial score (nSPS) is 14.1. The highest BCUT2D eigenvalue weighted by Crippen LogP contribution is 2.36. The SMILES string of the molecule is COc1cc(OC)cc(-c2[nH]c(N)nc2N=C2CCc3c(C(=N)N)cccc32)c1. The Balaban J connectivity index is 1.81. The van der Waals surface area contributed by atoms with E-state index in [1.807, 2.05) is 30.3 Å². The molecule has 8 nitrogen and oxygen atoms in total. The molecule has 0 radical (unpaired) electrons. The lowest BCUT2D eigenvalue weighted by atomic mass is 10.0. The summed E-state index contributed by atoms with van der Waals surface area (Å²) < 4.78 is 10.7. The van der Waals surface area contributed by atoms with Crippen molar-refractivity contribution in [2.75, 3.05) is 20.0 Å². The molecule has 29 heavy (non-hydrogen) atoms. The second-order valence-electron chi connectivity index (χ2n) is 6.73.